The van der Waals surface area contributed by atoms with Crippen LogP contribution in [0, 0.1) is 13.8 Å². The largest absolute Gasteiger partial charge is 0.448 e. The maximum Gasteiger partial charge on any atom is 0.276 e. The fraction of sp³-hybridized carbons (Fsp3) is 0.600. The molecule has 3 rings (SSSR count). The first-order chi connectivity index (χ1) is 10.6. The van der Waals surface area contributed by atoms with Crippen LogP contribution in [0.5, 0.6) is 0 Å². The molecule has 22 heavy (non-hydrogen) atoms. The monoisotopic (exact) mass is 303 g/mol. The minimum absolute atomic E-state index is 0.0511. The highest BCUT2D eigenvalue weighted by atomic mass is 16.3. The molecule has 0 spiro atoms. The predicted molar refractivity (Wildman–Crippen MR) is 79.6 cm³/mol. The van der Waals surface area contributed by atoms with Crippen molar-refractivity contribution in [1.29, 1.82) is 0 Å². The number of amides is 1. The molecule has 1 aliphatic rings. The molecule has 7 nitrogen and oxygen atoms in total. The third-order valence-corrected chi connectivity index (χ3v) is 4.10. The number of aryl methyl sites for hydroxylation is 3. The molecule has 3 heterocycles. The second-order valence-corrected chi connectivity index (χ2v) is 5.68. The molecular weight excluding hydrogens is 282 g/mol. The third-order valence-electron chi connectivity index (χ3n) is 4.10. The molecule has 118 valence electrons. The highest BCUT2D eigenvalue weighted by Crippen LogP contribution is 2.24. The second-order valence-electron chi connectivity index (χ2n) is 5.68. The molecule has 1 aliphatic heterocycles. The summed E-state index contributed by atoms with van der Waals surface area (Å²) in [4.78, 5) is 23.0. The standard InChI is InChI=1S/C15H21N5O2/c1-4-13-14(16-9-22-13)15(21)19-7-5-6-12(8-19)20-11(3)17-10(2)18-20/h9,12H,4-8H2,1-3H3/t12-/m0/s1. The number of carbonyl (C=O) groups is 1. The lowest BCUT2D eigenvalue weighted by atomic mass is 10.1. The molecule has 2 aromatic heterocycles. The molecule has 0 bridgehead atoms. The first-order valence-corrected chi connectivity index (χ1v) is 7.71. The summed E-state index contributed by atoms with van der Waals surface area (Å²) in [5, 5.41) is 4.46. The highest BCUT2D eigenvalue weighted by Gasteiger charge is 2.29. The summed E-state index contributed by atoms with van der Waals surface area (Å²) in [6.07, 6.45) is 3.97. The van der Waals surface area contributed by atoms with E-state index in [1.54, 1.807) is 0 Å². The topological polar surface area (TPSA) is 77.0 Å². The molecule has 1 amide bonds. The molecule has 1 fully saturated rings. The van der Waals surface area contributed by atoms with Crippen molar-refractivity contribution in [3.8, 4) is 0 Å². The van der Waals surface area contributed by atoms with Crippen molar-refractivity contribution in [3.63, 3.8) is 0 Å². The average molecular weight is 303 g/mol. The van der Waals surface area contributed by atoms with E-state index in [0.717, 1.165) is 31.0 Å². The van der Waals surface area contributed by atoms with Gasteiger partial charge in [0, 0.05) is 19.5 Å². The van der Waals surface area contributed by atoms with Gasteiger partial charge in [-0.15, -0.1) is 0 Å². The van der Waals surface area contributed by atoms with Gasteiger partial charge >= 0.3 is 0 Å². The number of piperidine rings is 1. The molecule has 1 atom stereocenters. The average Bonchev–Trinajstić information content (AvgIpc) is 3.12. The first kappa shape index (κ1) is 14.7. The summed E-state index contributed by atoms with van der Waals surface area (Å²) in [6.45, 7) is 7.18. The molecule has 0 unspecified atom stereocenters. The molecule has 0 aliphatic carbocycles. The molecule has 7 heteroatoms. The van der Waals surface area contributed by atoms with E-state index in [9.17, 15) is 4.79 Å². The van der Waals surface area contributed by atoms with Crippen LogP contribution in [-0.4, -0.2) is 43.6 Å². The summed E-state index contributed by atoms with van der Waals surface area (Å²) >= 11 is 0. The fourth-order valence-electron chi connectivity index (χ4n) is 3.07. The summed E-state index contributed by atoms with van der Waals surface area (Å²) in [5.41, 5.74) is 0.439. The van der Waals surface area contributed by atoms with Crippen LogP contribution in [0.1, 0.15) is 53.7 Å². The van der Waals surface area contributed by atoms with Crippen molar-refractivity contribution in [2.45, 2.75) is 46.1 Å². The van der Waals surface area contributed by atoms with Crippen LogP contribution >= 0.6 is 0 Å². The van der Waals surface area contributed by atoms with Gasteiger partial charge in [-0.2, -0.15) is 5.10 Å². The third kappa shape index (κ3) is 2.63. The van der Waals surface area contributed by atoms with E-state index in [0.29, 0.717) is 24.4 Å². The maximum absolute atomic E-state index is 12.7. The Morgan fingerprint density at radius 3 is 2.95 bits per heavy atom. The number of likely N-dealkylation sites (tertiary alicyclic amines) is 1. The Morgan fingerprint density at radius 2 is 2.27 bits per heavy atom. The normalized spacial score (nSPS) is 18.7. The van der Waals surface area contributed by atoms with Crippen LogP contribution < -0.4 is 0 Å². The summed E-state index contributed by atoms with van der Waals surface area (Å²) < 4.78 is 7.22. The Hall–Kier alpha value is -2.18. The first-order valence-electron chi connectivity index (χ1n) is 7.71. The van der Waals surface area contributed by atoms with E-state index in [4.69, 9.17) is 4.42 Å². The van der Waals surface area contributed by atoms with Crippen LogP contribution in [0.4, 0.5) is 0 Å². The lowest BCUT2D eigenvalue weighted by Gasteiger charge is -2.32. The molecule has 0 aromatic carbocycles. The van der Waals surface area contributed by atoms with Gasteiger partial charge in [0.25, 0.3) is 5.91 Å². The van der Waals surface area contributed by atoms with E-state index in [-0.39, 0.29) is 11.9 Å². The van der Waals surface area contributed by atoms with Crippen LogP contribution in [0.25, 0.3) is 0 Å². The minimum atomic E-state index is -0.0511. The molecular formula is C15H21N5O2. The van der Waals surface area contributed by atoms with E-state index in [1.165, 1.54) is 6.39 Å². The lowest BCUT2D eigenvalue weighted by molar-refractivity contribution is 0.0663. The number of carbonyl (C=O) groups excluding carboxylic acids is 1. The number of hydrogen-bond acceptors (Lipinski definition) is 5. The Labute approximate surface area is 129 Å². The number of aromatic nitrogens is 4. The fourth-order valence-corrected chi connectivity index (χ4v) is 3.07. The van der Waals surface area contributed by atoms with Crippen molar-refractivity contribution < 1.29 is 9.21 Å². The molecule has 0 radical (unpaired) electrons. The van der Waals surface area contributed by atoms with Crippen molar-refractivity contribution >= 4 is 5.91 Å². The van der Waals surface area contributed by atoms with Crippen molar-refractivity contribution in [3.05, 3.63) is 29.5 Å². The SMILES string of the molecule is CCc1ocnc1C(=O)N1CCC[C@H](n2nc(C)nc2C)C1. The smallest absolute Gasteiger partial charge is 0.276 e. The van der Waals surface area contributed by atoms with Gasteiger partial charge in [0.1, 0.15) is 17.4 Å². The quantitative estimate of drug-likeness (QED) is 0.865. The molecule has 0 saturated carbocycles. The van der Waals surface area contributed by atoms with Gasteiger partial charge in [0.05, 0.1) is 6.04 Å². The van der Waals surface area contributed by atoms with Crippen molar-refractivity contribution in [1.82, 2.24) is 24.6 Å². The summed E-state index contributed by atoms with van der Waals surface area (Å²) in [6, 6.07) is 0.177. The van der Waals surface area contributed by atoms with Gasteiger partial charge in [0.15, 0.2) is 12.1 Å². The zero-order valence-corrected chi connectivity index (χ0v) is 13.2. The van der Waals surface area contributed by atoms with Gasteiger partial charge in [-0.3, -0.25) is 4.79 Å². The highest BCUT2D eigenvalue weighted by molar-refractivity contribution is 5.93. The summed E-state index contributed by atoms with van der Waals surface area (Å²) in [7, 11) is 0. The number of oxazole rings is 1. The Balaban J connectivity index is 1.78. The molecule has 2 aromatic rings. The van der Waals surface area contributed by atoms with Crippen LogP contribution in [-0.2, 0) is 6.42 Å². The van der Waals surface area contributed by atoms with Gasteiger partial charge in [-0.1, -0.05) is 6.92 Å². The number of rotatable bonds is 3. The number of hydrogen-bond donors (Lipinski definition) is 0. The minimum Gasteiger partial charge on any atom is -0.448 e. The number of nitrogens with zero attached hydrogens (tertiary/aromatic N) is 5. The van der Waals surface area contributed by atoms with Gasteiger partial charge in [0.2, 0.25) is 0 Å². The Morgan fingerprint density at radius 1 is 1.45 bits per heavy atom. The van der Waals surface area contributed by atoms with E-state index in [1.807, 2.05) is 30.4 Å². The zero-order valence-electron chi connectivity index (χ0n) is 13.2. The van der Waals surface area contributed by atoms with Gasteiger partial charge in [-0.05, 0) is 26.7 Å². The maximum atomic E-state index is 12.7. The summed E-state index contributed by atoms with van der Waals surface area (Å²) in [5.74, 6) is 2.27. The van der Waals surface area contributed by atoms with Crippen LogP contribution in [0.15, 0.2) is 10.8 Å². The van der Waals surface area contributed by atoms with E-state index < -0.39 is 0 Å². The van der Waals surface area contributed by atoms with Gasteiger partial charge < -0.3 is 9.32 Å². The van der Waals surface area contributed by atoms with Crippen LogP contribution in [0.2, 0.25) is 0 Å². The van der Waals surface area contributed by atoms with Gasteiger partial charge in [-0.25, -0.2) is 14.6 Å². The Kier molecular flexibility index (Phi) is 3.96. The van der Waals surface area contributed by atoms with Crippen molar-refractivity contribution in [2.24, 2.45) is 0 Å². The van der Waals surface area contributed by atoms with E-state index in [2.05, 4.69) is 15.1 Å². The van der Waals surface area contributed by atoms with Crippen LogP contribution in [0.3, 0.4) is 0 Å². The second kappa shape index (κ2) is 5.90. The zero-order chi connectivity index (χ0) is 15.7. The van der Waals surface area contributed by atoms with Crippen molar-refractivity contribution in [2.75, 3.05) is 13.1 Å². The predicted octanol–water partition coefficient (Wildman–Crippen LogP) is 1.92. The van der Waals surface area contributed by atoms with E-state index >= 15 is 0 Å². The molecule has 0 N–H and O–H groups in total. The molecule has 1 saturated heterocycles. The lowest BCUT2D eigenvalue weighted by Crippen LogP contribution is -2.41. The Bertz CT molecular complexity index is 675.